The van der Waals surface area contributed by atoms with Crippen LogP contribution in [0.2, 0.25) is 5.02 Å². The topological polar surface area (TPSA) is 93.1 Å². The van der Waals surface area contributed by atoms with Gasteiger partial charge in [-0.25, -0.2) is 4.79 Å². The summed E-state index contributed by atoms with van der Waals surface area (Å²) < 4.78 is 12.0. The van der Waals surface area contributed by atoms with Crippen LogP contribution in [0.5, 0.6) is 11.5 Å². The number of thioether (sulfide) groups is 1. The maximum Gasteiger partial charge on any atom is 0.335 e. The van der Waals surface area contributed by atoms with Gasteiger partial charge in [0.1, 0.15) is 6.61 Å². The summed E-state index contributed by atoms with van der Waals surface area (Å²) in [5.41, 5.74) is 2.42. The Morgan fingerprint density at radius 3 is 2.36 bits per heavy atom. The summed E-state index contributed by atoms with van der Waals surface area (Å²) in [5, 5.41) is 9.26. The van der Waals surface area contributed by atoms with Crippen molar-refractivity contribution in [2.45, 2.75) is 13.2 Å². The van der Waals surface area contributed by atoms with Crippen LogP contribution in [-0.4, -0.2) is 34.2 Å². The highest BCUT2D eigenvalue weighted by Gasteiger charge is 2.35. The fourth-order valence-corrected chi connectivity index (χ4v) is 4.78. The molecule has 0 atom stereocenters. The number of imide groups is 1. The summed E-state index contributed by atoms with van der Waals surface area (Å²) in [6.07, 6.45) is 1.63. The molecule has 1 aliphatic heterocycles. The van der Waals surface area contributed by atoms with Crippen molar-refractivity contribution in [1.82, 2.24) is 4.90 Å². The number of carbonyl (C=O) groups is 3. The fourth-order valence-electron chi connectivity index (χ4n) is 3.39. The first-order valence-corrected chi connectivity index (χ1v) is 12.6. The number of hydrogen-bond donors (Lipinski definition) is 1. The number of aromatic carboxylic acids is 1. The lowest BCUT2D eigenvalue weighted by Crippen LogP contribution is -2.27. The third-order valence-corrected chi connectivity index (χ3v) is 7.14. The minimum Gasteiger partial charge on any atom is -0.493 e. The summed E-state index contributed by atoms with van der Waals surface area (Å²) in [5.74, 6) is -0.478. The van der Waals surface area contributed by atoms with Crippen LogP contribution in [0.3, 0.4) is 0 Å². The Labute approximate surface area is 224 Å². The molecular weight excluding hydrogens is 570 g/mol. The second-order valence-electron chi connectivity index (χ2n) is 7.71. The molecule has 10 heteroatoms. The molecule has 1 saturated heterocycles. The molecule has 0 radical (unpaired) electrons. The molecule has 36 heavy (non-hydrogen) atoms. The Bertz CT molecular complexity index is 1360. The first kappa shape index (κ1) is 25.8. The van der Waals surface area contributed by atoms with Crippen LogP contribution in [-0.2, 0) is 17.9 Å². The predicted octanol–water partition coefficient (Wildman–Crippen LogP) is 6.62. The SMILES string of the molecule is COc1cc(/C=C2\SC(=O)N(Cc3ccc(Cl)cc3)C2=O)c(Br)cc1OCc1ccc(C(=O)O)cc1. The van der Waals surface area contributed by atoms with Crippen molar-refractivity contribution in [1.29, 1.82) is 0 Å². The summed E-state index contributed by atoms with van der Waals surface area (Å²) in [6, 6.07) is 16.8. The smallest absolute Gasteiger partial charge is 0.335 e. The lowest BCUT2D eigenvalue weighted by molar-refractivity contribution is -0.123. The molecular formula is C26H19BrClNO6S. The highest BCUT2D eigenvalue weighted by molar-refractivity contribution is 9.10. The van der Waals surface area contributed by atoms with Gasteiger partial charge in [0.05, 0.1) is 24.1 Å². The van der Waals surface area contributed by atoms with Crippen molar-refractivity contribution in [3.63, 3.8) is 0 Å². The number of carbonyl (C=O) groups excluding carboxylic acids is 2. The van der Waals surface area contributed by atoms with Crippen LogP contribution >= 0.6 is 39.3 Å². The van der Waals surface area contributed by atoms with E-state index in [-0.39, 0.29) is 29.9 Å². The molecule has 1 fully saturated rings. The van der Waals surface area contributed by atoms with Crippen LogP contribution in [0.1, 0.15) is 27.0 Å². The Hall–Kier alpha value is -3.27. The lowest BCUT2D eigenvalue weighted by Gasteiger charge is -2.14. The highest BCUT2D eigenvalue weighted by atomic mass is 79.9. The quantitative estimate of drug-likeness (QED) is 0.295. The summed E-state index contributed by atoms with van der Waals surface area (Å²) in [6.45, 7) is 0.357. The van der Waals surface area contributed by atoms with Gasteiger partial charge in [0.15, 0.2) is 11.5 Å². The van der Waals surface area contributed by atoms with Gasteiger partial charge in [-0.2, -0.15) is 0 Å². The zero-order valence-corrected chi connectivity index (χ0v) is 22.0. The Morgan fingerprint density at radius 1 is 1.06 bits per heavy atom. The van der Waals surface area contributed by atoms with E-state index in [2.05, 4.69) is 15.9 Å². The maximum absolute atomic E-state index is 12.9. The van der Waals surface area contributed by atoms with E-state index < -0.39 is 5.97 Å². The number of methoxy groups -OCH3 is 1. The number of carboxylic acids is 1. The Morgan fingerprint density at radius 2 is 1.72 bits per heavy atom. The monoisotopic (exact) mass is 587 g/mol. The Kier molecular flexibility index (Phi) is 8.03. The van der Waals surface area contributed by atoms with E-state index >= 15 is 0 Å². The van der Waals surface area contributed by atoms with Crippen molar-refractivity contribution in [3.8, 4) is 11.5 Å². The van der Waals surface area contributed by atoms with Crippen molar-refractivity contribution >= 4 is 62.5 Å². The van der Waals surface area contributed by atoms with Gasteiger partial charge >= 0.3 is 5.97 Å². The highest BCUT2D eigenvalue weighted by Crippen LogP contribution is 2.38. The van der Waals surface area contributed by atoms with Crippen molar-refractivity contribution in [2.75, 3.05) is 7.11 Å². The number of rotatable bonds is 8. The zero-order chi connectivity index (χ0) is 25.8. The number of amides is 2. The molecule has 0 aliphatic carbocycles. The van der Waals surface area contributed by atoms with Crippen LogP contribution in [0, 0.1) is 0 Å². The molecule has 4 rings (SSSR count). The summed E-state index contributed by atoms with van der Waals surface area (Å²) >= 11 is 10.3. The molecule has 2 amide bonds. The van der Waals surface area contributed by atoms with Crippen LogP contribution < -0.4 is 9.47 Å². The van der Waals surface area contributed by atoms with E-state index in [4.69, 9.17) is 26.2 Å². The van der Waals surface area contributed by atoms with E-state index in [1.165, 1.54) is 24.1 Å². The van der Waals surface area contributed by atoms with E-state index in [1.54, 1.807) is 54.6 Å². The molecule has 1 N–H and O–H groups in total. The molecule has 0 unspecified atom stereocenters. The van der Waals surface area contributed by atoms with Gasteiger partial charge in [-0.3, -0.25) is 14.5 Å². The minimum absolute atomic E-state index is 0.157. The van der Waals surface area contributed by atoms with E-state index in [0.717, 1.165) is 22.9 Å². The van der Waals surface area contributed by atoms with Crippen LogP contribution in [0.25, 0.3) is 6.08 Å². The largest absolute Gasteiger partial charge is 0.493 e. The number of hydrogen-bond acceptors (Lipinski definition) is 6. The van der Waals surface area contributed by atoms with E-state index in [0.29, 0.717) is 31.5 Å². The average molecular weight is 589 g/mol. The molecule has 0 saturated carbocycles. The number of ether oxygens (including phenoxy) is 2. The third-order valence-electron chi connectivity index (χ3n) is 5.29. The molecule has 1 heterocycles. The normalized spacial score (nSPS) is 14.4. The molecule has 1 aliphatic rings. The zero-order valence-electron chi connectivity index (χ0n) is 18.9. The van der Waals surface area contributed by atoms with Crippen molar-refractivity contribution in [2.24, 2.45) is 0 Å². The van der Waals surface area contributed by atoms with Gasteiger partial charge in [-0.1, -0.05) is 51.8 Å². The molecule has 3 aromatic carbocycles. The molecule has 184 valence electrons. The van der Waals surface area contributed by atoms with Gasteiger partial charge in [0.2, 0.25) is 0 Å². The number of benzene rings is 3. The molecule has 3 aromatic rings. The molecule has 7 nitrogen and oxygen atoms in total. The number of nitrogens with zero attached hydrogens (tertiary/aromatic N) is 1. The molecule has 0 spiro atoms. The molecule has 0 bridgehead atoms. The standard InChI is InChI=1S/C26H19BrClNO6S/c1-34-21-10-18(20(27)12-22(21)35-14-16-2-6-17(7-3-16)25(31)32)11-23-24(30)29(26(33)36-23)13-15-4-8-19(28)9-5-15/h2-12H,13-14H2,1H3,(H,31,32)/b23-11-. The fraction of sp³-hybridized carbons (Fsp3) is 0.115. The first-order chi connectivity index (χ1) is 17.2. The van der Waals surface area contributed by atoms with Gasteiger partial charge in [-0.15, -0.1) is 0 Å². The van der Waals surface area contributed by atoms with Gasteiger partial charge < -0.3 is 14.6 Å². The first-order valence-electron chi connectivity index (χ1n) is 10.6. The van der Waals surface area contributed by atoms with Crippen molar-refractivity contribution in [3.05, 3.63) is 97.3 Å². The van der Waals surface area contributed by atoms with E-state index in [1.807, 2.05) is 0 Å². The van der Waals surface area contributed by atoms with Gasteiger partial charge in [-0.05, 0) is 70.9 Å². The van der Waals surface area contributed by atoms with Gasteiger partial charge in [0, 0.05) is 9.50 Å². The van der Waals surface area contributed by atoms with Crippen LogP contribution in [0.4, 0.5) is 4.79 Å². The summed E-state index contributed by atoms with van der Waals surface area (Å²) in [7, 11) is 1.50. The number of halogens is 2. The van der Waals surface area contributed by atoms with E-state index in [9.17, 15) is 14.4 Å². The lowest BCUT2D eigenvalue weighted by atomic mass is 10.1. The van der Waals surface area contributed by atoms with Crippen LogP contribution in [0.15, 0.2) is 70.0 Å². The average Bonchev–Trinajstić information content (AvgIpc) is 3.12. The minimum atomic E-state index is -0.994. The predicted molar refractivity (Wildman–Crippen MR) is 141 cm³/mol. The second kappa shape index (κ2) is 11.2. The summed E-state index contributed by atoms with van der Waals surface area (Å²) in [4.78, 5) is 37.9. The Balaban J connectivity index is 1.50. The maximum atomic E-state index is 12.9. The second-order valence-corrected chi connectivity index (χ2v) is 9.99. The third kappa shape index (κ3) is 5.92. The van der Waals surface area contributed by atoms with Crippen molar-refractivity contribution < 1.29 is 29.0 Å². The number of carboxylic acid groups (broad SMARTS) is 1. The van der Waals surface area contributed by atoms with Gasteiger partial charge in [0.25, 0.3) is 11.1 Å². The molecule has 0 aromatic heterocycles.